The molecule has 25 heteroatoms. The third-order valence-corrected chi connectivity index (χ3v) is 19.9. The minimum atomic E-state index is -1.52. The highest BCUT2D eigenvalue weighted by atomic mass is 127. The van der Waals surface area contributed by atoms with Gasteiger partial charge in [0.15, 0.2) is 0 Å². The number of benzene rings is 6. The molecule has 8 heterocycles. The Labute approximate surface area is 546 Å². The van der Waals surface area contributed by atoms with Crippen molar-refractivity contribution >= 4 is 144 Å². The highest BCUT2D eigenvalue weighted by Crippen LogP contribution is 2.46. The van der Waals surface area contributed by atoms with Gasteiger partial charge in [0.25, 0.3) is 11.8 Å². The van der Waals surface area contributed by atoms with Gasteiger partial charge in [-0.2, -0.15) is 9.78 Å². The number of imide groups is 2. The van der Waals surface area contributed by atoms with Crippen LogP contribution in [0, 0.1) is 20.6 Å². The summed E-state index contributed by atoms with van der Waals surface area (Å²) in [4.78, 5) is 63.7. The number of carbonyl (C=O) groups is 5. The molecule has 5 amide bonds. The topological polar surface area (TPSA) is 220 Å². The zero-order valence-corrected chi connectivity index (χ0v) is 54.3. The molecule has 6 aromatic carbocycles. The van der Waals surface area contributed by atoms with Gasteiger partial charge in [0.05, 0.1) is 35.2 Å². The lowest BCUT2D eigenvalue weighted by molar-refractivity contribution is -0.125. The number of hydrogen-bond donors (Lipinski definition) is 5. The molecule has 0 bridgehead atoms. The van der Waals surface area contributed by atoms with E-state index in [0.29, 0.717) is 36.7 Å². The van der Waals surface area contributed by atoms with Crippen LogP contribution in [0.25, 0.3) is 55.2 Å². The summed E-state index contributed by atoms with van der Waals surface area (Å²) in [6, 6.07) is 34.8. The van der Waals surface area contributed by atoms with Crippen LogP contribution >= 0.6 is 22.6 Å². The van der Waals surface area contributed by atoms with Crippen molar-refractivity contribution in [1.82, 2.24) is 34.9 Å². The van der Waals surface area contributed by atoms with Crippen molar-refractivity contribution in [2.75, 3.05) is 26.4 Å². The van der Waals surface area contributed by atoms with Crippen LogP contribution < -0.4 is 21.4 Å². The van der Waals surface area contributed by atoms with Gasteiger partial charge in [0.1, 0.15) is 17.7 Å². The molecule has 462 valence electrons. The predicted octanol–water partition coefficient (Wildman–Crippen LogP) is 9.93. The molecule has 2 unspecified atom stereocenters. The first-order chi connectivity index (χ1) is 43.3. The van der Waals surface area contributed by atoms with Crippen molar-refractivity contribution in [3.63, 3.8) is 0 Å². The minimum absolute atomic E-state index is 0.0375. The number of hydrogen-bond acceptors (Lipinski definition) is 13. The molecule has 2 atom stereocenters. The molecule has 17 nitrogen and oxygen atoms in total. The molecule has 4 fully saturated rings. The molecular formula is C65H60BF2IN8O9S4. The Morgan fingerprint density at radius 3 is 1.80 bits per heavy atom. The molecular weight excluding hydrogens is 1340 g/mol. The molecule has 0 spiro atoms. The Morgan fingerprint density at radius 1 is 0.700 bits per heavy atom. The number of aromatic nitrogens is 4. The van der Waals surface area contributed by atoms with E-state index < -0.39 is 30.5 Å². The average Bonchev–Trinajstić information content (AvgIpc) is 1.58. The largest absolute Gasteiger partial charge is 0.488 e. The first-order valence-electron chi connectivity index (χ1n) is 29.1. The first-order valence-corrected chi connectivity index (χ1v) is 34.1. The maximum atomic E-state index is 13.9. The van der Waals surface area contributed by atoms with Gasteiger partial charge in [0, 0.05) is 145 Å². The molecule has 5 aliphatic rings. The molecule has 14 rings (SSSR count). The van der Waals surface area contributed by atoms with Gasteiger partial charge in [-0.15, -0.1) is 0 Å². The lowest BCUT2D eigenvalue weighted by Gasteiger charge is -2.26. The number of nitrogens with zero attached hydrogens (tertiary/aromatic N) is 5. The number of fused-ring (bicyclic) bond motifs is 4. The third-order valence-electron chi connectivity index (χ3n) is 16.5. The van der Waals surface area contributed by atoms with Crippen molar-refractivity contribution in [2.24, 2.45) is 10.4 Å². The normalized spacial score (nSPS) is 17.4. The summed E-state index contributed by atoms with van der Waals surface area (Å²) in [6.45, 7) is 9.21. The van der Waals surface area contributed by atoms with Crippen LogP contribution in [0.2, 0.25) is 0 Å². The second-order valence-electron chi connectivity index (χ2n) is 23.3. The van der Waals surface area contributed by atoms with Gasteiger partial charge < -0.3 is 34.0 Å². The number of amides is 5. The Kier molecular flexibility index (Phi) is 19.7. The second kappa shape index (κ2) is 27.6. The van der Waals surface area contributed by atoms with Gasteiger partial charge in [-0.25, -0.2) is 13.6 Å². The highest BCUT2D eigenvalue weighted by molar-refractivity contribution is 14.1. The number of halogens is 3. The maximum absolute atomic E-state index is 13.9. The highest BCUT2D eigenvalue weighted by Gasteiger charge is 2.35. The van der Waals surface area contributed by atoms with Crippen molar-refractivity contribution < 1.29 is 52.3 Å². The van der Waals surface area contributed by atoms with Crippen LogP contribution in [0.1, 0.15) is 115 Å². The zero-order valence-electron chi connectivity index (χ0n) is 48.9. The fraction of sp³-hybridized carbons (Fsp3) is 0.277. The molecule has 3 aromatic heterocycles. The van der Waals surface area contributed by atoms with Crippen molar-refractivity contribution in [3.8, 4) is 22.5 Å². The summed E-state index contributed by atoms with van der Waals surface area (Å²) in [5.74, 6) is -1.36. The van der Waals surface area contributed by atoms with E-state index in [9.17, 15) is 32.8 Å². The number of urea groups is 1. The lowest BCUT2D eigenvalue weighted by atomic mass is 9.79. The lowest BCUT2D eigenvalue weighted by Crippen LogP contribution is -2.29. The van der Waals surface area contributed by atoms with E-state index in [-0.39, 0.29) is 47.6 Å². The van der Waals surface area contributed by atoms with Gasteiger partial charge >= 0.3 is 13.1 Å². The molecule has 9 aromatic rings. The SMILES string of the molecule is CC(C)(C)C(=O)n1ncc2cc3c(cc21)c(I)c(C1CCOCC1)n3-c1ccc(F)cc1.O=C1CC(c2ccc(B(O)O)cc2)C(=O)N1.O=C1NC(=O)C(c2ccc(-c3c(C4CCOCC4)n(-c4ccc(F)cc4)c4cc5c(cc34)CN=C5)cc2)N1.S=S=S=S. The standard InChI is InChI=1S/C30H25FN4O3.C25H25FIN3O2.C10H10BNO4.S4/c31-22-5-7-23(8-6-22)35-25-14-21-16-32-15-20(21)13-24(25)26(28(35)19-9-11-38-12-10-19)17-1-3-18(4-2-17)27-29(36)34-30(37)33-27;1-25(2,3)24(31)30-20-13-19-21(12-16(20)14-28-30)29(18-6-4-17(26)5-7-18)23(22(19)27)15-8-10-32-11-9-15;13-9-5-8(10(14)12-9)6-1-3-7(4-2-6)11(15)16;1-3-4-2/h1-8,13-14,16,19,27H,9-12,15H2,(H2,33,34,36,37);4-7,12-15H,8-11H2,1-3H3;1-4,8,15-16H,5H2,(H,12,13,14);. The third kappa shape index (κ3) is 13.5. The fourth-order valence-electron chi connectivity index (χ4n) is 12.1. The summed E-state index contributed by atoms with van der Waals surface area (Å²) in [7, 11) is 0.822. The molecule has 5 aliphatic heterocycles. The molecule has 4 saturated heterocycles. The van der Waals surface area contributed by atoms with E-state index in [1.54, 1.807) is 18.3 Å². The van der Waals surface area contributed by atoms with Gasteiger partial charge in [-0.3, -0.25) is 34.8 Å². The number of aliphatic imine (C=N–C) groups is 1. The van der Waals surface area contributed by atoms with E-state index >= 15 is 0 Å². The number of carbonyl (C=O) groups excluding carboxylic acids is 5. The maximum Gasteiger partial charge on any atom is 0.488 e. The van der Waals surface area contributed by atoms with Crippen molar-refractivity contribution in [1.29, 1.82) is 0 Å². The molecule has 90 heavy (non-hydrogen) atoms. The fourth-order valence-corrected chi connectivity index (χ4v) is 13.2. The summed E-state index contributed by atoms with van der Waals surface area (Å²) >= 11 is 11.1. The summed E-state index contributed by atoms with van der Waals surface area (Å²) in [5, 5.41) is 32.5. The van der Waals surface area contributed by atoms with Gasteiger partial charge in [0.2, 0.25) is 11.8 Å². The van der Waals surface area contributed by atoms with Crippen LogP contribution in [0.5, 0.6) is 0 Å². The summed E-state index contributed by atoms with van der Waals surface area (Å²) in [6.07, 6.45) is 7.49. The average molecular weight is 1400 g/mol. The van der Waals surface area contributed by atoms with E-state index in [0.717, 1.165) is 109 Å². The zero-order chi connectivity index (χ0) is 63.5. The molecule has 0 aliphatic carbocycles. The first kappa shape index (κ1) is 64.2. The summed E-state index contributed by atoms with van der Waals surface area (Å²) < 4.78 is 46.1. The van der Waals surface area contributed by atoms with Gasteiger partial charge in [-0.05, 0) is 154 Å². The Balaban J connectivity index is 0.000000144. The van der Waals surface area contributed by atoms with Crippen molar-refractivity contribution in [3.05, 3.63) is 176 Å². The number of ether oxygens (including phenoxy) is 2. The molecule has 0 radical (unpaired) electrons. The monoisotopic (exact) mass is 1400 g/mol. The Morgan fingerprint density at radius 2 is 1.27 bits per heavy atom. The quantitative estimate of drug-likeness (QED) is 0.0415. The minimum Gasteiger partial charge on any atom is -0.423 e. The smallest absolute Gasteiger partial charge is 0.423 e. The summed E-state index contributed by atoms with van der Waals surface area (Å²) in [5.41, 5.74) is 12.8. The van der Waals surface area contributed by atoms with Crippen LogP contribution in [-0.4, -0.2) is 98.4 Å². The second-order valence-corrected chi connectivity index (χ2v) is 27.9. The van der Waals surface area contributed by atoms with Crippen molar-refractivity contribution in [2.45, 2.75) is 83.2 Å². The number of rotatable bonds is 8. The Bertz CT molecular complexity index is 4370. The van der Waals surface area contributed by atoms with Crippen LogP contribution in [0.3, 0.4) is 0 Å². The van der Waals surface area contributed by atoms with Gasteiger partial charge in [-0.1, -0.05) is 69.3 Å². The van der Waals surface area contributed by atoms with E-state index in [1.807, 2.05) is 75.5 Å². The van der Waals surface area contributed by atoms with E-state index in [1.165, 1.54) is 75.8 Å². The van der Waals surface area contributed by atoms with E-state index in [4.69, 9.17) is 19.5 Å². The Hall–Kier alpha value is -7.34. The molecule has 5 N–H and O–H groups in total. The molecule has 0 saturated carbocycles. The van der Waals surface area contributed by atoms with Crippen LogP contribution in [0.15, 0.2) is 133 Å². The van der Waals surface area contributed by atoms with Crippen LogP contribution in [0.4, 0.5) is 13.6 Å². The predicted molar refractivity (Wildman–Crippen MR) is 361 cm³/mol. The van der Waals surface area contributed by atoms with E-state index in [2.05, 4.69) is 104 Å². The number of nitrogens with one attached hydrogen (secondary N) is 3. The van der Waals surface area contributed by atoms with Crippen LogP contribution in [-0.2, 0) is 70.5 Å².